The van der Waals surface area contributed by atoms with Crippen LogP contribution in [0.3, 0.4) is 0 Å². The number of hydrogen-bond acceptors (Lipinski definition) is 7. The number of carboxylic acid groups (broad SMARTS) is 1. The van der Waals surface area contributed by atoms with Gasteiger partial charge in [0.15, 0.2) is 5.82 Å². The van der Waals surface area contributed by atoms with Gasteiger partial charge in [-0.05, 0) is 25.0 Å². The van der Waals surface area contributed by atoms with E-state index in [4.69, 9.17) is 15.8 Å². The molecule has 1 aromatic rings. The van der Waals surface area contributed by atoms with E-state index in [2.05, 4.69) is 15.5 Å². The number of allylic oxidation sites excluding steroid dienone is 1. The number of fused-ring (bicyclic) bond motifs is 1. The van der Waals surface area contributed by atoms with Crippen LogP contribution in [-0.4, -0.2) is 64.5 Å². The van der Waals surface area contributed by atoms with Crippen LogP contribution in [0.25, 0.3) is 0 Å². The standard InChI is InChI=1S/C18H27N7O2/c1-24(2)21-8-7-13-11-22-25-16(19)6-5-15(23-18(13)25)12-3-4-14(20-10-12)9-17(26)27/h5-6,8,11-12,14,16,20H,3-4,7,9-10,19H2,1-2H3,(H,26,27)/b21-8-. The average Bonchev–Trinajstić information content (AvgIpc) is 2.93. The Kier molecular flexibility index (Phi) is 6.02. The third-order valence-electron chi connectivity index (χ3n) is 4.80. The molecule has 1 aromatic heterocycles. The average molecular weight is 373 g/mol. The van der Waals surface area contributed by atoms with Crippen molar-refractivity contribution in [3.63, 3.8) is 0 Å². The molecular formula is C18H27N7O2. The van der Waals surface area contributed by atoms with Crippen molar-refractivity contribution in [1.82, 2.24) is 20.1 Å². The number of hydrogen-bond donors (Lipinski definition) is 3. The number of nitrogens with one attached hydrogen (secondary N) is 1. The van der Waals surface area contributed by atoms with Crippen LogP contribution in [0.4, 0.5) is 5.82 Å². The summed E-state index contributed by atoms with van der Waals surface area (Å²) in [6, 6.07) is 0.0275. The summed E-state index contributed by atoms with van der Waals surface area (Å²) in [5, 5.41) is 22.7. The van der Waals surface area contributed by atoms with Gasteiger partial charge in [0, 0.05) is 56.5 Å². The quantitative estimate of drug-likeness (QED) is 0.503. The van der Waals surface area contributed by atoms with E-state index in [9.17, 15) is 4.79 Å². The molecule has 0 radical (unpaired) electrons. The lowest BCUT2D eigenvalue weighted by Gasteiger charge is -2.29. The lowest BCUT2D eigenvalue weighted by atomic mass is 9.89. The van der Waals surface area contributed by atoms with E-state index in [-0.39, 0.29) is 24.5 Å². The molecule has 2 aliphatic rings. The van der Waals surface area contributed by atoms with Crippen molar-refractivity contribution in [3.05, 3.63) is 23.9 Å². The second-order valence-electron chi connectivity index (χ2n) is 7.15. The van der Waals surface area contributed by atoms with Crippen molar-refractivity contribution < 1.29 is 9.90 Å². The minimum Gasteiger partial charge on any atom is -0.481 e. The van der Waals surface area contributed by atoms with Crippen LogP contribution in [0, 0.1) is 5.92 Å². The van der Waals surface area contributed by atoms with Crippen LogP contribution in [0.2, 0.25) is 0 Å². The molecule has 3 atom stereocenters. The Hall–Kier alpha value is -2.52. The molecule has 0 aliphatic carbocycles. The molecule has 2 aliphatic heterocycles. The maximum Gasteiger partial charge on any atom is 0.304 e. The molecule has 1 fully saturated rings. The zero-order valence-corrected chi connectivity index (χ0v) is 15.7. The van der Waals surface area contributed by atoms with E-state index in [0.29, 0.717) is 13.0 Å². The van der Waals surface area contributed by atoms with Gasteiger partial charge in [0.1, 0.15) is 6.17 Å². The number of hydrazone groups is 1. The Bertz CT molecular complexity index is 758. The summed E-state index contributed by atoms with van der Waals surface area (Å²) in [6.07, 6.45) is 9.63. The lowest BCUT2D eigenvalue weighted by molar-refractivity contribution is -0.137. The fourth-order valence-electron chi connectivity index (χ4n) is 3.40. The molecule has 0 bridgehead atoms. The minimum absolute atomic E-state index is 0.0275. The van der Waals surface area contributed by atoms with Gasteiger partial charge in [-0.2, -0.15) is 10.2 Å². The van der Waals surface area contributed by atoms with Crippen molar-refractivity contribution in [2.24, 2.45) is 21.7 Å². The molecule has 3 unspecified atom stereocenters. The topological polar surface area (TPSA) is 121 Å². The molecule has 0 spiro atoms. The Morgan fingerprint density at radius 2 is 2.33 bits per heavy atom. The van der Waals surface area contributed by atoms with Gasteiger partial charge in [-0.1, -0.05) is 0 Å². The lowest BCUT2D eigenvalue weighted by Crippen LogP contribution is -2.42. The molecule has 0 aromatic carbocycles. The zero-order valence-electron chi connectivity index (χ0n) is 15.7. The predicted octanol–water partition coefficient (Wildman–Crippen LogP) is 0.916. The fourth-order valence-corrected chi connectivity index (χ4v) is 3.40. The van der Waals surface area contributed by atoms with Crippen molar-refractivity contribution in [1.29, 1.82) is 0 Å². The van der Waals surface area contributed by atoms with Gasteiger partial charge < -0.3 is 21.2 Å². The summed E-state index contributed by atoms with van der Waals surface area (Å²) in [5.41, 5.74) is 8.15. The Balaban J connectivity index is 1.77. The van der Waals surface area contributed by atoms with E-state index in [1.165, 1.54) is 0 Å². The SMILES string of the molecule is CN(C)/N=C\Cc1cnn2c1N=C(C1CCC(CC(=O)O)NC1)C=CC2N. The van der Waals surface area contributed by atoms with Gasteiger partial charge >= 0.3 is 5.97 Å². The van der Waals surface area contributed by atoms with E-state index in [1.807, 2.05) is 32.5 Å². The second-order valence-corrected chi connectivity index (χ2v) is 7.15. The summed E-state index contributed by atoms with van der Waals surface area (Å²) in [4.78, 5) is 15.8. The van der Waals surface area contributed by atoms with Crippen molar-refractivity contribution >= 4 is 23.7 Å². The maximum absolute atomic E-state index is 10.9. The number of rotatable bonds is 6. The van der Waals surface area contributed by atoms with Crippen LogP contribution >= 0.6 is 0 Å². The van der Waals surface area contributed by atoms with Gasteiger partial charge in [-0.15, -0.1) is 0 Å². The first-order valence-corrected chi connectivity index (χ1v) is 9.17. The first-order chi connectivity index (χ1) is 12.9. The molecule has 3 rings (SSSR count). The molecule has 9 nitrogen and oxygen atoms in total. The zero-order chi connectivity index (χ0) is 19.4. The summed E-state index contributed by atoms with van der Waals surface area (Å²) >= 11 is 0. The minimum atomic E-state index is -0.767. The number of aromatic nitrogens is 2. The molecule has 3 heterocycles. The summed E-state index contributed by atoms with van der Waals surface area (Å²) in [5.74, 6) is 0.222. The van der Waals surface area contributed by atoms with Gasteiger partial charge in [-0.3, -0.25) is 4.79 Å². The van der Waals surface area contributed by atoms with E-state index in [1.54, 1.807) is 15.9 Å². The Morgan fingerprint density at radius 3 is 3.00 bits per heavy atom. The van der Waals surface area contributed by atoms with Crippen LogP contribution in [0.1, 0.15) is 31.0 Å². The number of piperidine rings is 1. The number of carboxylic acids is 1. The van der Waals surface area contributed by atoms with E-state index in [0.717, 1.165) is 29.9 Å². The van der Waals surface area contributed by atoms with Crippen molar-refractivity contribution in [3.8, 4) is 0 Å². The van der Waals surface area contributed by atoms with E-state index >= 15 is 0 Å². The number of aliphatic carboxylic acids is 1. The summed E-state index contributed by atoms with van der Waals surface area (Å²) in [6.45, 7) is 0.710. The highest BCUT2D eigenvalue weighted by molar-refractivity contribution is 5.99. The largest absolute Gasteiger partial charge is 0.481 e. The third-order valence-corrected chi connectivity index (χ3v) is 4.80. The van der Waals surface area contributed by atoms with Crippen molar-refractivity contribution in [2.45, 2.75) is 37.9 Å². The maximum atomic E-state index is 10.9. The van der Waals surface area contributed by atoms with Crippen LogP contribution < -0.4 is 11.1 Å². The fraction of sp³-hybridized carbons (Fsp3) is 0.556. The van der Waals surface area contributed by atoms with E-state index < -0.39 is 5.97 Å². The first kappa shape index (κ1) is 19.2. The van der Waals surface area contributed by atoms with Gasteiger partial charge in [-0.25, -0.2) is 9.67 Å². The Morgan fingerprint density at radius 1 is 1.52 bits per heavy atom. The monoisotopic (exact) mass is 373 g/mol. The number of nitrogens with two attached hydrogens (primary N) is 1. The molecule has 146 valence electrons. The molecule has 0 saturated carbocycles. The molecule has 0 amide bonds. The van der Waals surface area contributed by atoms with Crippen LogP contribution in [-0.2, 0) is 11.2 Å². The van der Waals surface area contributed by atoms with Gasteiger partial charge in [0.05, 0.1) is 12.6 Å². The van der Waals surface area contributed by atoms with Crippen LogP contribution in [0.5, 0.6) is 0 Å². The summed E-state index contributed by atoms with van der Waals surface area (Å²) < 4.78 is 1.73. The highest BCUT2D eigenvalue weighted by Crippen LogP contribution is 2.28. The smallest absolute Gasteiger partial charge is 0.304 e. The highest BCUT2D eigenvalue weighted by atomic mass is 16.4. The number of aliphatic imine (C=N–C) groups is 1. The van der Waals surface area contributed by atoms with Crippen LogP contribution in [0.15, 0.2) is 28.4 Å². The predicted molar refractivity (Wildman–Crippen MR) is 104 cm³/mol. The van der Waals surface area contributed by atoms with Gasteiger partial charge in [0.2, 0.25) is 0 Å². The summed E-state index contributed by atoms with van der Waals surface area (Å²) in [7, 11) is 3.75. The third kappa shape index (κ3) is 4.81. The normalized spacial score (nSPS) is 25.1. The molecule has 1 saturated heterocycles. The number of carbonyl (C=O) groups is 1. The Labute approximate surface area is 158 Å². The number of nitrogens with zero attached hydrogens (tertiary/aromatic N) is 5. The molecular weight excluding hydrogens is 346 g/mol. The van der Waals surface area contributed by atoms with Crippen molar-refractivity contribution in [2.75, 3.05) is 20.6 Å². The first-order valence-electron chi connectivity index (χ1n) is 9.17. The molecule has 9 heteroatoms. The second kappa shape index (κ2) is 8.45. The van der Waals surface area contributed by atoms with Gasteiger partial charge in [0.25, 0.3) is 0 Å². The molecule has 27 heavy (non-hydrogen) atoms. The highest BCUT2D eigenvalue weighted by Gasteiger charge is 2.26. The molecule has 4 N–H and O–H groups in total.